The number of imidazole rings is 1. The zero-order chi connectivity index (χ0) is 21.0. The first-order chi connectivity index (χ1) is 13.9. The van der Waals surface area contributed by atoms with Crippen LogP contribution in [-0.2, 0) is 9.59 Å². The van der Waals surface area contributed by atoms with Gasteiger partial charge in [-0.2, -0.15) is 0 Å². The van der Waals surface area contributed by atoms with Gasteiger partial charge in [-0.25, -0.2) is 4.98 Å². The number of carbonyl (C=O) groups is 2. The minimum atomic E-state index is -0.666. The average Bonchev–Trinajstić information content (AvgIpc) is 3.08. The molecule has 0 aliphatic rings. The number of rotatable bonds is 7. The molecule has 0 aliphatic carbocycles. The van der Waals surface area contributed by atoms with E-state index in [9.17, 15) is 9.59 Å². The maximum atomic E-state index is 12.5. The Morgan fingerprint density at radius 3 is 2.55 bits per heavy atom. The second-order valence-corrected chi connectivity index (χ2v) is 6.97. The molecule has 2 aromatic carbocycles. The van der Waals surface area contributed by atoms with E-state index >= 15 is 0 Å². The van der Waals surface area contributed by atoms with Gasteiger partial charge >= 0.3 is 0 Å². The second kappa shape index (κ2) is 8.74. The van der Waals surface area contributed by atoms with Crippen molar-refractivity contribution < 1.29 is 14.3 Å². The third-order valence-corrected chi connectivity index (χ3v) is 4.58. The largest absolute Gasteiger partial charge is 0.495 e. The van der Waals surface area contributed by atoms with Gasteiger partial charge in [-0.1, -0.05) is 38.1 Å². The van der Waals surface area contributed by atoms with E-state index in [2.05, 4.69) is 15.6 Å². The smallest absolute Gasteiger partial charge is 0.246 e. The van der Waals surface area contributed by atoms with Gasteiger partial charge in [-0.3, -0.25) is 19.5 Å². The highest BCUT2D eigenvalue weighted by Crippen LogP contribution is 2.30. The highest BCUT2D eigenvalue weighted by atomic mass is 16.5. The normalized spacial score (nSPS) is 12.0. The minimum absolute atomic E-state index is 0.0206. The molecule has 1 aromatic heterocycles. The lowest BCUT2D eigenvalue weighted by Gasteiger charge is -2.16. The molecule has 0 fully saturated rings. The van der Waals surface area contributed by atoms with E-state index in [0.29, 0.717) is 11.7 Å². The van der Waals surface area contributed by atoms with Gasteiger partial charge in [0.15, 0.2) is 0 Å². The van der Waals surface area contributed by atoms with Gasteiger partial charge in [0.05, 0.1) is 36.4 Å². The second-order valence-electron chi connectivity index (χ2n) is 6.97. The first kappa shape index (κ1) is 20.3. The fourth-order valence-electron chi connectivity index (χ4n) is 2.93. The Kier molecular flexibility index (Phi) is 6.13. The molecule has 0 unspecified atom stereocenters. The number of hydrogen-bond donors (Lipinski definition) is 3. The zero-order valence-electron chi connectivity index (χ0n) is 16.7. The molecule has 29 heavy (non-hydrogen) atoms. The van der Waals surface area contributed by atoms with Gasteiger partial charge in [0, 0.05) is 0 Å². The van der Waals surface area contributed by atoms with Gasteiger partial charge in [0.2, 0.25) is 17.8 Å². The van der Waals surface area contributed by atoms with Crippen LogP contribution in [0.3, 0.4) is 0 Å². The van der Waals surface area contributed by atoms with Crippen molar-refractivity contribution in [2.24, 2.45) is 11.7 Å². The highest BCUT2D eigenvalue weighted by Gasteiger charge is 2.20. The number of amides is 2. The summed E-state index contributed by atoms with van der Waals surface area (Å²) in [5.41, 5.74) is 8.09. The van der Waals surface area contributed by atoms with Crippen LogP contribution < -0.4 is 21.1 Å². The van der Waals surface area contributed by atoms with Crippen molar-refractivity contribution in [2.75, 3.05) is 19.0 Å². The molecule has 3 rings (SSSR count). The van der Waals surface area contributed by atoms with Crippen LogP contribution >= 0.6 is 0 Å². The fraction of sp³-hybridized carbons (Fsp3) is 0.286. The number of carbonyl (C=O) groups excluding carboxylic acids is 2. The molecule has 0 spiro atoms. The fourth-order valence-corrected chi connectivity index (χ4v) is 2.93. The number of fused-ring (bicyclic) bond motifs is 1. The first-order valence-corrected chi connectivity index (χ1v) is 9.36. The molecule has 3 aromatic rings. The number of benzene rings is 2. The van der Waals surface area contributed by atoms with Gasteiger partial charge in [-0.15, -0.1) is 0 Å². The number of aromatic nitrogens is 2. The van der Waals surface area contributed by atoms with Crippen molar-refractivity contribution in [1.82, 2.24) is 14.9 Å². The molecule has 0 saturated carbocycles. The van der Waals surface area contributed by atoms with Crippen LogP contribution in [0.15, 0.2) is 48.5 Å². The summed E-state index contributed by atoms with van der Waals surface area (Å²) in [6, 6.07) is 14.3. The first-order valence-electron chi connectivity index (χ1n) is 9.36. The Balaban J connectivity index is 1.88. The number of hydrogen-bond acceptors (Lipinski definition) is 5. The van der Waals surface area contributed by atoms with Gasteiger partial charge < -0.3 is 15.8 Å². The summed E-state index contributed by atoms with van der Waals surface area (Å²) in [5, 5.41) is 5.34. The summed E-state index contributed by atoms with van der Waals surface area (Å²) in [6.45, 7) is 3.49. The van der Waals surface area contributed by atoms with Crippen molar-refractivity contribution in [1.29, 1.82) is 0 Å². The van der Waals surface area contributed by atoms with E-state index in [1.54, 1.807) is 7.11 Å². The van der Waals surface area contributed by atoms with Crippen molar-refractivity contribution in [2.45, 2.75) is 19.9 Å². The summed E-state index contributed by atoms with van der Waals surface area (Å²) in [6.07, 6.45) is 0. The summed E-state index contributed by atoms with van der Waals surface area (Å²) >= 11 is 0. The topological polar surface area (TPSA) is 111 Å². The number of anilines is 1. The molecule has 0 radical (unpaired) electrons. The third kappa shape index (κ3) is 4.38. The van der Waals surface area contributed by atoms with Crippen molar-refractivity contribution in [3.05, 3.63) is 48.5 Å². The lowest BCUT2D eigenvalue weighted by molar-refractivity contribution is -0.125. The zero-order valence-corrected chi connectivity index (χ0v) is 16.7. The number of nitrogens with one attached hydrogen (secondary N) is 2. The van der Waals surface area contributed by atoms with Crippen molar-refractivity contribution in [3.8, 4) is 11.4 Å². The molecule has 1 heterocycles. The monoisotopic (exact) mass is 395 g/mol. The summed E-state index contributed by atoms with van der Waals surface area (Å²) in [7, 11) is 1.59. The summed E-state index contributed by atoms with van der Waals surface area (Å²) < 4.78 is 7.29. The molecule has 0 saturated heterocycles. The molecule has 2 amide bonds. The van der Waals surface area contributed by atoms with Crippen molar-refractivity contribution in [3.63, 3.8) is 0 Å². The van der Waals surface area contributed by atoms with Crippen LogP contribution in [0.4, 0.5) is 5.95 Å². The standard InChI is InChI=1S/C21H25N5O3/c1-13(2)19(22)20(28)23-12-18(27)25-21-24-14-8-4-5-9-15(14)26(21)16-10-6-7-11-17(16)29-3/h4-11,13,19H,12,22H2,1-3H3,(H,23,28)(H,24,25,27)/t19-/m0/s1. The quantitative estimate of drug-likeness (QED) is 0.567. The Bertz CT molecular complexity index is 1030. The maximum Gasteiger partial charge on any atom is 0.246 e. The van der Waals surface area contributed by atoms with Crippen molar-refractivity contribution >= 4 is 28.8 Å². The van der Waals surface area contributed by atoms with Gasteiger partial charge in [-0.05, 0) is 30.2 Å². The van der Waals surface area contributed by atoms with E-state index in [0.717, 1.165) is 16.7 Å². The van der Waals surface area contributed by atoms with Crippen LogP contribution in [0, 0.1) is 5.92 Å². The lowest BCUT2D eigenvalue weighted by atomic mass is 10.1. The number of nitrogens with two attached hydrogens (primary N) is 1. The van der Waals surface area contributed by atoms with Crippen LogP contribution in [0.5, 0.6) is 5.75 Å². The number of methoxy groups -OCH3 is 1. The van der Waals surface area contributed by atoms with E-state index < -0.39 is 11.9 Å². The highest BCUT2D eigenvalue weighted by molar-refractivity contribution is 5.96. The number of nitrogens with zero attached hydrogens (tertiary/aromatic N) is 2. The molecular formula is C21H25N5O3. The molecular weight excluding hydrogens is 370 g/mol. The molecule has 8 heteroatoms. The summed E-state index contributed by atoms with van der Waals surface area (Å²) in [4.78, 5) is 29.0. The molecule has 0 aliphatic heterocycles. The molecule has 8 nitrogen and oxygen atoms in total. The molecule has 1 atom stereocenters. The van der Waals surface area contributed by atoms with Gasteiger partial charge in [0.1, 0.15) is 5.75 Å². The lowest BCUT2D eigenvalue weighted by Crippen LogP contribution is -2.46. The Hall–Kier alpha value is -3.39. The van der Waals surface area contributed by atoms with Crippen LogP contribution in [0.25, 0.3) is 16.7 Å². The number of ether oxygens (including phenoxy) is 1. The van der Waals surface area contributed by atoms with E-state index in [1.807, 2.05) is 66.9 Å². The van der Waals surface area contributed by atoms with Crippen LogP contribution in [0.1, 0.15) is 13.8 Å². The molecule has 4 N–H and O–H groups in total. The SMILES string of the molecule is COc1ccccc1-n1c(NC(=O)CNC(=O)[C@@H](N)C(C)C)nc2ccccc21. The third-order valence-electron chi connectivity index (χ3n) is 4.58. The Morgan fingerprint density at radius 1 is 1.14 bits per heavy atom. The predicted molar refractivity (Wildman–Crippen MR) is 112 cm³/mol. The summed E-state index contributed by atoms with van der Waals surface area (Å²) in [5.74, 6) is 0.187. The van der Waals surface area contributed by atoms with Crippen LogP contribution in [0.2, 0.25) is 0 Å². The molecule has 152 valence electrons. The molecule has 0 bridgehead atoms. The van der Waals surface area contributed by atoms with Crippen LogP contribution in [-0.4, -0.2) is 41.1 Å². The Morgan fingerprint density at radius 2 is 1.83 bits per heavy atom. The minimum Gasteiger partial charge on any atom is -0.495 e. The predicted octanol–water partition coefficient (Wildman–Crippen LogP) is 2.07. The average molecular weight is 395 g/mol. The Labute approximate surface area is 169 Å². The van der Waals surface area contributed by atoms with E-state index in [1.165, 1.54) is 0 Å². The van der Waals surface area contributed by atoms with Gasteiger partial charge in [0.25, 0.3) is 0 Å². The van der Waals surface area contributed by atoms with E-state index in [-0.39, 0.29) is 18.4 Å². The van der Waals surface area contributed by atoms with E-state index in [4.69, 9.17) is 10.5 Å². The maximum absolute atomic E-state index is 12.5. The number of para-hydroxylation sites is 4.